The maximum atomic E-state index is 5.58. The minimum Gasteiger partial charge on any atom is -0.493 e. The van der Waals surface area contributed by atoms with Crippen LogP contribution in [0.2, 0.25) is 0 Å². The molecular formula is C25H26O3S. The zero-order valence-electron chi connectivity index (χ0n) is 17.6. The second-order valence-corrected chi connectivity index (χ2v) is 8.52. The van der Waals surface area contributed by atoms with Crippen molar-refractivity contribution in [1.82, 2.24) is 0 Å². The van der Waals surface area contributed by atoms with E-state index in [0.29, 0.717) is 6.61 Å². The van der Waals surface area contributed by atoms with Crippen LogP contribution >= 0.6 is 11.3 Å². The van der Waals surface area contributed by atoms with Crippen molar-refractivity contribution in [2.45, 2.75) is 26.9 Å². The minimum absolute atomic E-state index is 0.615. The van der Waals surface area contributed by atoms with Crippen molar-refractivity contribution in [1.29, 1.82) is 0 Å². The third-order valence-electron chi connectivity index (χ3n) is 5.50. The number of benzene rings is 2. The van der Waals surface area contributed by atoms with Crippen molar-refractivity contribution in [2.75, 3.05) is 21.3 Å². The Kier molecular flexibility index (Phi) is 5.48. The van der Waals surface area contributed by atoms with E-state index in [9.17, 15) is 0 Å². The van der Waals surface area contributed by atoms with Crippen LogP contribution in [0.15, 0.2) is 53.6 Å². The minimum atomic E-state index is 0.615. The van der Waals surface area contributed by atoms with Crippen LogP contribution in [-0.4, -0.2) is 21.3 Å². The molecule has 0 atom stereocenters. The maximum absolute atomic E-state index is 5.58. The zero-order chi connectivity index (χ0) is 20.5. The zero-order valence-corrected chi connectivity index (χ0v) is 18.4. The topological polar surface area (TPSA) is 27.7 Å². The van der Waals surface area contributed by atoms with Gasteiger partial charge in [0.1, 0.15) is 0 Å². The summed E-state index contributed by atoms with van der Waals surface area (Å²) >= 11 is 1.82. The number of rotatable bonds is 6. The van der Waals surface area contributed by atoms with E-state index in [1.165, 1.54) is 42.8 Å². The molecular weight excluding hydrogens is 380 g/mol. The lowest BCUT2D eigenvalue weighted by molar-refractivity contribution is 0.187. The van der Waals surface area contributed by atoms with Gasteiger partial charge in [0.05, 0.1) is 20.8 Å². The number of hydrogen-bond donors (Lipinski definition) is 0. The standard InChI is InChI=1S/C25H26O3S/c1-15-12-16(2)24(23(15)17-10-11-19(27-4)20(13-17)28-5)25-18-8-6-7-9-21(18)29-22(25)14-26-3/h6-11,13H,12,14H2,1-5H3. The average molecular weight is 407 g/mol. The molecule has 29 heavy (non-hydrogen) atoms. The molecule has 0 fully saturated rings. The van der Waals surface area contributed by atoms with Gasteiger partial charge in [-0.25, -0.2) is 0 Å². The van der Waals surface area contributed by atoms with Gasteiger partial charge >= 0.3 is 0 Å². The number of thiophene rings is 1. The van der Waals surface area contributed by atoms with Crippen molar-refractivity contribution in [3.8, 4) is 11.5 Å². The molecule has 4 heteroatoms. The summed E-state index contributed by atoms with van der Waals surface area (Å²) in [5.41, 5.74) is 7.87. The highest BCUT2D eigenvalue weighted by Gasteiger charge is 2.27. The van der Waals surface area contributed by atoms with Crippen LogP contribution in [0.4, 0.5) is 0 Å². The fraction of sp³-hybridized carbons (Fsp3) is 0.280. The Morgan fingerprint density at radius 2 is 1.59 bits per heavy atom. The molecule has 4 rings (SSSR count). The number of allylic oxidation sites excluding steroid dienone is 4. The molecule has 0 unspecified atom stereocenters. The van der Waals surface area contributed by atoms with Gasteiger partial charge in [-0.05, 0) is 55.2 Å². The van der Waals surface area contributed by atoms with Crippen molar-refractivity contribution in [2.24, 2.45) is 0 Å². The molecule has 3 aromatic rings. The van der Waals surface area contributed by atoms with Crippen LogP contribution in [0, 0.1) is 0 Å². The Balaban J connectivity index is 1.94. The summed E-state index contributed by atoms with van der Waals surface area (Å²) in [4.78, 5) is 1.27. The summed E-state index contributed by atoms with van der Waals surface area (Å²) in [6, 6.07) is 14.8. The van der Waals surface area contributed by atoms with E-state index in [1.54, 1.807) is 21.3 Å². The summed E-state index contributed by atoms with van der Waals surface area (Å²) in [5.74, 6) is 1.50. The van der Waals surface area contributed by atoms with Crippen LogP contribution in [0.5, 0.6) is 11.5 Å². The van der Waals surface area contributed by atoms with Gasteiger partial charge in [0.25, 0.3) is 0 Å². The quantitative estimate of drug-likeness (QED) is 0.455. The van der Waals surface area contributed by atoms with Gasteiger partial charge in [0.2, 0.25) is 0 Å². The van der Waals surface area contributed by atoms with Gasteiger partial charge < -0.3 is 14.2 Å². The highest BCUT2D eigenvalue weighted by molar-refractivity contribution is 7.19. The predicted octanol–water partition coefficient (Wildman–Crippen LogP) is 6.72. The third kappa shape index (κ3) is 3.37. The molecule has 0 saturated carbocycles. The van der Waals surface area contributed by atoms with Crippen LogP contribution in [0.3, 0.4) is 0 Å². The van der Waals surface area contributed by atoms with E-state index in [0.717, 1.165) is 23.5 Å². The summed E-state index contributed by atoms with van der Waals surface area (Å²) in [6.07, 6.45) is 0.982. The summed E-state index contributed by atoms with van der Waals surface area (Å²) in [5, 5.41) is 1.30. The smallest absolute Gasteiger partial charge is 0.161 e. The average Bonchev–Trinajstić information content (AvgIpc) is 3.23. The maximum Gasteiger partial charge on any atom is 0.161 e. The van der Waals surface area contributed by atoms with Crippen molar-refractivity contribution < 1.29 is 14.2 Å². The van der Waals surface area contributed by atoms with E-state index in [4.69, 9.17) is 14.2 Å². The summed E-state index contributed by atoms with van der Waals surface area (Å²) in [6.45, 7) is 5.09. The monoisotopic (exact) mass is 406 g/mol. The van der Waals surface area contributed by atoms with Crippen LogP contribution in [-0.2, 0) is 11.3 Å². The molecule has 2 aromatic carbocycles. The van der Waals surface area contributed by atoms with Crippen LogP contribution in [0.1, 0.15) is 36.3 Å². The normalized spacial score (nSPS) is 14.2. The highest BCUT2D eigenvalue weighted by atomic mass is 32.1. The van der Waals surface area contributed by atoms with Crippen molar-refractivity contribution >= 4 is 32.6 Å². The molecule has 0 amide bonds. The number of ether oxygens (including phenoxy) is 3. The molecule has 0 aliphatic heterocycles. The van der Waals surface area contributed by atoms with Gasteiger partial charge in [-0.15, -0.1) is 11.3 Å². The Labute approximate surface area is 176 Å². The molecule has 0 spiro atoms. The van der Waals surface area contributed by atoms with Gasteiger partial charge in [-0.3, -0.25) is 0 Å². The largest absolute Gasteiger partial charge is 0.493 e. The Morgan fingerprint density at radius 1 is 0.862 bits per heavy atom. The van der Waals surface area contributed by atoms with Crippen molar-refractivity contribution in [3.05, 3.63) is 69.6 Å². The molecule has 0 radical (unpaired) electrons. The van der Waals surface area contributed by atoms with Crippen LogP contribution < -0.4 is 9.47 Å². The Morgan fingerprint density at radius 3 is 2.31 bits per heavy atom. The molecule has 0 bridgehead atoms. The fourth-order valence-corrected chi connectivity index (χ4v) is 5.51. The van der Waals surface area contributed by atoms with Gasteiger partial charge in [0, 0.05) is 27.6 Å². The van der Waals surface area contributed by atoms with E-state index < -0.39 is 0 Å². The predicted molar refractivity (Wildman–Crippen MR) is 122 cm³/mol. The van der Waals surface area contributed by atoms with Gasteiger partial charge in [-0.2, -0.15) is 0 Å². The van der Waals surface area contributed by atoms with Gasteiger partial charge in [0.15, 0.2) is 11.5 Å². The fourth-order valence-electron chi connectivity index (χ4n) is 4.33. The van der Waals surface area contributed by atoms with Crippen molar-refractivity contribution in [3.63, 3.8) is 0 Å². The number of hydrogen-bond acceptors (Lipinski definition) is 4. The highest BCUT2D eigenvalue weighted by Crippen LogP contribution is 2.50. The molecule has 0 saturated heterocycles. The SMILES string of the molecule is COCc1sc2ccccc2c1C1=C(C)CC(C)=C1c1ccc(OC)c(OC)c1. The van der Waals surface area contributed by atoms with E-state index in [2.05, 4.69) is 50.2 Å². The molecule has 3 nitrogen and oxygen atoms in total. The Hall–Kier alpha value is -2.56. The van der Waals surface area contributed by atoms with E-state index >= 15 is 0 Å². The molecule has 1 aliphatic rings. The lowest BCUT2D eigenvalue weighted by Gasteiger charge is -2.16. The first-order valence-electron chi connectivity index (χ1n) is 9.71. The number of methoxy groups -OCH3 is 3. The molecule has 150 valence electrons. The lowest BCUT2D eigenvalue weighted by Crippen LogP contribution is -1.97. The number of fused-ring (bicyclic) bond motifs is 1. The first kappa shape index (κ1) is 19.7. The second-order valence-electron chi connectivity index (χ2n) is 7.39. The summed E-state index contributed by atoms with van der Waals surface area (Å²) in [7, 11) is 5.12. The lowest BCUT2D eigenvalue weighted by atomic mass is 9.90. The van der Waals surface area contributed by atoms with E-state index in [-0.39, 0.29) is 0 Å². The molecule has 0 N–H and O–H groups in total. The molecule has 1 aliphatic carbocycles. The molecule has 1 aromatic heterocycles. The van der Waals surface area contributed by atoms with E-state index in [1.807, 2.05) is 17.4 Å². The first-order valence-corrected chi connectivity index (χ1v) is 10.5. The second kappa shape index (κ2) is 8.05. The third-order valence-corrected chi connectivity index (χ3v) is 6.64. The van der Waals surface area contributed by atoms with Gasteiger partial charge in [-0.1, -0.05) is 35.4 Å². The van der Waals surface area contributed by atoms with Crippen LogP contribution in [0.25, 0.3) is 21.2 Å². The first-order chi connectivity index (χ1) is 14.1. The molecule has 1 heterocycles. The Bertz CT molecular complexity index is 1130. The summed E-state index contributed by atoms with van der Waals surface area (Å²) < 4.78 is 17.9.